The van der Waals surface area contributed by atoms with Gasteiger partial charge in [0, 0.05) is 36.7 Å². The van der Waals surface area contributed by atoms with Crippen LogP contribution in [-0.2, 0) is 4.79 Å². The molecule has 0 bridgehead atoms. The maximum absolute atomic E-state index is 11.7. The van der Waals surface area contributed by atoms with Gasteiger partial charge in [0.05, 0.1) is 0 Å². The van der Waals surface area contributed by atoms with E-state index in [1.165, 1.54) is 0 Å². The van der Waals surface area contributed by atoms with E-state index in [1.807, 2.05) is 18.7 Å². The minimum absolute atomic E-state index is 0. The topological polar surface area (TPSA) is 56.7 Å². The SMILES string of the molecule is CCCNC(=O)CN=C(NCC)N1CCSC(C)(C)C1.I. The van der Waals surface area contributed by atoms with Gasteiger partial charge in [0.2, 0.25) is 5.91 Å². The van der Waals surface area contributed by atoms with Crippen LogP contribution < -0.4 is 10.6 Å². The largest absolute Gasteiger partial charge is 0.357 e. The van der Waals surface area contributed by atoms with Gasteiger partial charge in [-0.1, -0.05) is 6.92 Å². The van der Waals surface area contributed by atoms with E-state index in [1.54, 1.807) is 0 Å². The minimum Gasteiger partial charge on any atom is -0.357 e. The number of thioether (sulfide) groups is 1. The zero-order valence-electron chi connectivity index (χ0n) is 13.6. The Balaban J connectivity index is 0.00000400. The first-order chi connectivity index (χ1) is 9.48. The van der Waals surface area contributed by atoms with Crippen molar-refractivity contribution in [1.82, 2.24) is 15.5 Å². The van der Waals surface area contributed by atoms with Crippen LogP contribution >= 0.6 is 35.7 Å². The summed E-state index contributed by atoms with van der Waals surface area (Å²) in [6, 6.07) is 0. The zero-order chi connectivity index (χ0) is 15.0. The molecule has 0 saturated carbocycles. The Kier molecular flexibility index (Phi) is 10.4. The highest BCUT2D eigenvalue weighted by Gasteiger charge is 2.28. The van der Waals surface area contributed by atoms with Crippen LogP contribution in [0.15, 0.2) is 4.99 Å². The van der Waals surface area contributed by atoms with Crippen LogP contribution in [-0.4, -0.2) is 60.0 Å². The van der Waals surface area contributed by atoms with E-state index in [0.29, 0.717) is 0 Å². The fourth-order valence-electron chi connectivity index (χ4n) is 2.09. The summed E-state index contributed by atoms with van der Waals surface area (Å²) in [6.45, 7) is 12.3. The number of guanidine groups is 1. The van der Waals surface area contributed by atoms with Crippen LogP contribution in [0.1, 0.15) is 34.1 Å². The van der Waals surface area contributed by atoms with Gasteiger partial charge in [-0.15, -0.1) is 24.0 Å². The van der Waals surface area contributed by atoms with Gasteiger partial charge >= 0.3 is 0 Å². The first-order valence-electron chi connectivity index (χ1n) is 7.42. The van der Waals surface area contributed by atoms with Crippen molar-refractivity contribution in [3.05, 3.63) is 0 Å². The highest BCUT2D eigenvalue weighted by molar-refractivity contribution is 14.0. The number of hydrogen-bond acceptors (Lipinski definition) is 3. The van der Waals surface area contributed by atoms with Crippen molar-refractivity contribution in [1.29, 1.82) is 0 Å². The van der Waals surface area contributed by atoms with Gasteiger partial charge in [0.25, 0.3) is 0 Å². The van der Waals surface area contributed by atoms with Crippen molar-refractivity contribution in [2.24, 2.45) is 4.99 Å². The van der Waals surface area contributed by atoms with Gasteiger partial charge in [-0.05, 0) is 27.2 Å². The van der Waals surface area contributed by atoms with Gasteiger partial charge in [0.1, 0.15) is 6.54 Å². The minimum atomic E-state index is -0.00658. The van der Waals surface area contributed by atoms with E-state index in [4.69, 9.17) is 0 Å². The molecule has 7 heteroatoms. The van der Waals surface area contributed by atoms with Crippen molar-refractivity contribution in [3.63, 3.8) is 0 Å². The third-order valence-electron chi connectivity index (χ3n) is 3.00. The predicted molar refractivity (Wildman–Crippen MR) is 103 cm³/mol. The van der Waals surface area contributed by atoms with Crippen molar-refractivity contribution in [3.8, 4) is 0 Å². The maximum Gasteiger partial charge on any atom is 0.241 e. The quantitative estimate of drug-likeness (QED) is 0.399. The molecule has 1 aliphatic rings. The van der Waals surface area contributed by atoms with Crippen molar-refractivity contribution >= 4 is 47.6 Å². The molecule has 124 valence electrons. The first-order valence-corrected chi connectivity index (χ1v) is 8.41. The van der Waals surface area contributed by atoms with Gasteiger partial charge < -0.3 is 15.5 Å². The molecule has 1 aliphatic heterocycles. The van der Waals surface area contributed by atoms with Crippen LogP contribution in [0.3, 0.4) is 0 Å². The van der Waals surface area contributed by atoms with E-state index in [-0.39, 0.29) is 41.2 Å². The van der Waals surface area contributed by atoms with Gasteiger partial charge in [-0.2, -0.15) is 11.8 Å². The maximum atomic E-state index is 11.7. The third kappa shape index (κ3) is 8.13. The molecule has 1 fully saturated rings. The van der Waals surface area contributed by atoms with Crippen molar-refractivity contribution in [2.75, 3.05) is 38.5 Å². The Morgan fingerprint density at radius 1 is 1.33 bits per heavy atom. The van der Waals surface area contributed by atoms with Gasteiger partial charge in [0.15, 0.2) is 5.96 Å². The molecule has 1 saturated heterocycles. The Bertz CT molecular complexity index is 350. The summed E-state index contributed by atoms with van der Waals surface area (Å²) in [5.74, 6) is 1.94. The summed E-state index contributed by atoms with van der Waals surface area (Å²) in [4.78, 5) is 18.4. The van der Waals surface area contributed by atoms with E-state index in [9.17, 15) is 4.79 Å². The molecule has 21 heavy (non-hydrogen) atoms. The van der Waals surface area contributed by atoms with E-state index in [2.05, 4.69) is 41.3 Å². The van der Waals surface area contributed by atoms with Gasteiger partial charge in [-0.3, -0.25) is 4.79 Å². The summed E-state index contributed by atoms with van der Waals surface area (Å²) >= 11 is 1.99. The zero-order valence-corrected chi connectivity index (χ0v) is 16.7. The Morgan fingerprint density at radius 2 is 2.05 bits per heavy atom. The lowest BCUT2D eigenvalue weighted by molar-refractivity contribution is -0.119. The third-order valence-corrected chi connectivity index (χ3v) is 4.30. The smallest absolute Gasteiger partial charge is 0.241 e. The second-order valence-electron chi connectivity index (χ2n) is 5.55. The molecule has 0 radical (unpaired) electrons. The lowest BCUT2D eigenvalue weighted by Crippen LogP contribution is -2.51. The Morgan fingerprint density at radius 3 is 2.62 bits per heavy atom. The lowest BCUT2D eigenvalue weighted by Gasteiger charge is -2.39. The molecule has 0 aliphatic carbocycles. The molecule has 0 atom stereocenters. The van der Waals surface area contributed by atoms with Crippen LogP contribution in [0.25, 0.3) is 0 Å². The molecular formula is C14H29IN4OS. The molecule has 1 amide bonds. The number of hydrogen-bond donors (Lipinski definition) is 2. The average Bonchev–Trinajstić information content (AvgIpc) is 2.40. The predicted octanol–water partition coefficient (Wildman–Crippen LogP) is 1.92. The fourth-order valence-corrected chi connectivity index (χ4v) is 3.20. The average molecular weight is 428 g/mol. The first kappa shape index (κ1) is 20.8. The molecule has 2 N–H and O–H groups in total. The molecule has 0 aromatic rings. The van der Waals surface area contributed by atoms with Crippen molar-refractivity contribution in [2.45, 2.75) is 38.9 Å². The molecule has 0 unspecified atom stereocenters. The number of nitrogens with zero attached hydrogens (tertiary/aromatic N) is 2. The molecule has 1 heterocycles. The second-order valence-corrected chi connectivity index (χ2v) is 7.35. The monoisotopic (exact) mass is 428 g/mol. The number of carbonyl (C=O) groups is 1. The number of carbonyl (C=O) groups excluding carboxylic acids is 1. The number of rotatable bonds is 5. The van der Waals surface area contributed by atoms with Crippen molar-refractivity contribution < 1.29 is 4.79 Å². The molecule has 0 aromatic carbocycles. The van der Waals surface area contributed by atoms with E-state index >= 15 is 0 Å². The van der Waals surface area contributed by atoms with E-state index < -0.39 is 0 Å². The number of aliphatic imine (C=N–C) groups is 1. The van der Waals surface area contributed by atoms with Crippen LogP contribution in [0.2, 0.25) is 0 Å². The molecule has 0 aromatic heterocycles. The fraction of sp³-hybridized carbons (Fsp3) is 0.857. The summed E-state index contributed by atoms with van der Waals surface area (Å²) < 4.78 is 0.235. The number of amides is 1. The molecule has 0 spiro atoms. The highest BCUT2D eigenvalue weighted by atomic mass is 127. The summed E-state index contributed by atoms with van der Waals surface area (Å²) in [5.41, 5.74) is 0. The van der Waals surface area contributed by atoms with Crippen LogP contribution in [0, 0.1) is 0 Å². The standard InChI is InChI=1S/C14H28N4OS.HI/c1-5-7-16-12(19)10-17-13(15-6-2)18-8-9-20-14(3,4)11-18;/h5-11H2,1-4H3,(H,15,17)(H,16,19);1H. The second kappa shape index (κ2) is 10.5. The summed E-state index contributed by atoms with van der Waals surface area (Å²) in [6.07, 6.45) is 0.951. The Labute approximate surface area is 150 Å². The molecular weight excluding hydrogens is 399 g/mol. The summed E-state index contributed by atoms with van der Waals surface area (Å²) in [5, 5.41) is 6.14. The van der Waals surface area contributed by atoms with Crippen LogP contribution in [0.4, 0.5) is 0 Å². The molecule has 5 nitrogen and oxygen atoms in total. The summed E-state index contributed by atoms with van der Waals surface area (Å²) in [7, 11) is 0. The highest BCUT2D eigenvalue weighted by Crippen LogP contribution is 2.29. The molecule has 1 rings (SSSR count). The number of nitrogens with one attached hydrogen (secondary N) is 2. The van der Waals surface area contributed by atoms with Gasteiger partial charge in [-0.25, -0.2) is 4.99 Å². The van der Waals surface area contributed by atoms with Crippen LogP contribution in [0.5, 0.6) is 0 Å². The Hall–Kier alpha value is -0.180. The number of halogens is 1. The normalized spacial score (nSPS) is 17.9. The van der Waals surface area contributed by atoms with E-state index in [0.717, 1.165) is 44.3 Å². The lowest BCUT2D eigenvalue weighted by atomic mass is 10.2.